The number of hydrogen-bond acceptors (Lipinski definition) is 4. The second kappa shape index (κ2) is 2.72. The topological polar surface area (TPSA) is 42.2 Å². The largest absolute Gasteiger partial charge is 0.344 e. The second-order valence-corrected chi connectivity index (χ2v) is 3.93. The monoisotopic (exact) mass is 181 g/mol. The molecule has 1 fully saturated rings. The van der Waals surface area contributed by atoms with Crippen LogP contribution in [0.2, 0.25) is 0 Å². The summed E-state index contributed by atoms with van der Waals surface area (Å²) in [6.07, 6.45) is 3.49. The minimum Gasteiger partial charge on any atom is -0.344 e. The van der Waals surface area contributed by atoms with Crippen molar-refractivity contribution in [2.45, 2.75) is 31.6 Å². The number of rotatable bonds is 3. The van der Waals surface area contributed by atoms with Crippen LogP contribution in [-0.2, 0) is 5.41 Å². The summed E-state index contributed by atoms with van der Waals surface area (Å²) < 4.78 is 5.24. The molecular formula is C9H15N3O. The molecule has 2 rings (SSSR count). The van der Waals surface area contributed by atoms with Gasteiger partial charge in [0, 0.05) is 19.5 Å². The highest BCUT2D eigenvalue weighted by Crippen LogP contribution is 2.50. The molecule has 4 heteroatoms. The highest BCUT2D eigenvalue weighted by Gasteiger charge is 2.47. The smallest absolute Gasteiger partial charge is 0.265 e. The lowest BCUT2D eigenvalue weighted by atomic mass is 10.0. The van der Waals surface area contributed by atoms with Gasteiger partial charge in [-0.3, -0.25) is 0 Å². The van der Waals surface area contributed by atoms with E-state index in [4.69, 9.17) is 4.52 Å². The van der Waals surface area contributed by atoms with Crippen molar-refractivity contribution in [3.63, 3.8) is 0 Å². The Hall–Kier alpha value is -1.06. The van der Waals surface area contributed by atoms with Gasteiger partial charge in [0.1, 0.15) is 0 Å². The number of nitrogens with zero attached hydrogens (tertiary/aromatic N) is 3. The predicted molar refractivity (Wildman–Crippen MR) is 49.8 cm³/mol. The summed E-state index contributed by atoms with van der Waals surface area (Å²) in [7, 11) is 3.83. The number of anilines is 1. The normalized spacial score (nSPS) is 18.7. The third-order valence-corrected chi connectivity index (χ3v) is 2.80. The summed E-state index contributed by atoms with van der Waals surface area (Å²) in [5, 5.41) is 3.91. The Morgan fingerprint density at radius 2 is 2.15 bits per heavy atom. The molecule has 72 valence electrons. The van der Waals surface area contributed by atoms with Gasteiger partial charge in [-0.1, -0.05) is 6.92 Å². The fourth-order valence-corrected chi connectivity index (χ4v) is 1.48. The summed E-state index contributed by atoms with van der Waals surface area (Å²) in [6.45, 7) is 2.17. The molecule has 1 saturated carbocycles. The van der Waals surface area contributed by atoms with Crippen molar-refractivity contribution in [2.24, 2.45) is 0 Å². The fourth-order valence-electron chi connectivity index (χ4n) is 1.48. The lowest BCUT2D eigenvalue weighted by Gasteiger charge is -2.05. The third kappa shape index (κ3) is 1.30. The van der Waals surface area contributed by atoms with Crippen LogP contribution in [0.3, 0.4) is 0 Å². The van der Waals surface area contributed by atoms with Crippen molar-refractivity contribution >= 4 is 5.95 Å². The Morgan fingerprint density at radius 1 is 1.46 bits per heavy atom. The van der Waals surface area contributed by atoms with E-state index in [2.05, 4.69) is 17.1 Å². The molecule has 0 aliphatic heterocycles. The second-order valence-electron chi connectivity index (χ2n) is 3.93. The Labute approximate surface area is 77.9 Å². The van der Waals surface area contributed by atoms with Crippen LogP contribution >= 0.6 is 0 Å². The molecule has 1 aromatic rings. The SMILES string of the molecule is CCC1(c2nc(N(C)C)no2)CC1. The van der Waals surface area contributed by atoms with Crippen LogP contribution < -0.4 is 4.90 Å². The highest BCUT2D eigenvalue weighted by atomic mass is 16.5. The van der Waals surface area contributed by atoms with E-state index in [1.165, 1.54) is 12.8 Å². The van der Waals surface area contributed by atoms with E-state index in [1.54, 1.807) is 0 Å². The summed E-state index contributed by atoms with van der Waals surface area (Å²) in [4.78, 5) is 6.22. The molecule has 0 amide bonds. The van der Waals surface area contributed by atoms with Gasteiger partial charge in [0.25, 0.3) is 5.95 Å². The van der Waals surface area contributed by atoms with Gasteiger partial charge in [-0.15, -0.1) is 0 Å². The molecule has 0 aromatic carbocycles. The summed E-state index contributed by atoms with van der Waals surface area (Å²) in [5.41, 5.74) is 0.223. The first-order chi connectivity index (χ1) is 6.18. The van der Waals surface area contributed by atoms with Crippen LogP contribution in [0.4, 0.5) is 5.95 Å². The average molecular weight is 181 g/mol. The van der Waals surface area contributed by atoms with E-state index in [1.807, 2.05) is 19.0 Å². The minimum absolute atomic E-state index is 0.223. The quantitative estimate of drug-likeness (QED) is 0.710. The van der Waals surface area contributed by atoms with E-state index < -0.39 is 0 Å². The van der Waals surface area contributed by atoms with Crippen molar-refractivity contribution in [3.8, 4) is 0 Å². The van der Waals surface area contributed by atoms with Crippen molar-refractivity contribution in [1.82, 2.24) is 10.1 Å². The molecule has 1 aromatic heterocycles. The Balaban J connectivity index is 2.23. The van der Waals surface area contributed by atoms with E-state index >= 15 is 0 Å². The first-order valence-corrected chi connectivity index (χ1v) is 4.69. The van der Waals surface area contributed by atoms with Gasteiger partial charge in [0.05, 0.1) is 0 Å². The van der Waals surface area contributed by atoms with Crippen LogP contribution in [0.25, 0.3) is 0 Å². The van der Waals surface area contributed by atoms with Crippen LogP contribution in [0, 0.1) is 0 Å². The van der Waals surface area contributed by atoms with Gasteiger partial charge in [0.2, 0.25) is 5.89 Å². The Bertz CT molecular complexity index is 302. The summed E-state index contributed by atoms with van der Waals surface area (Å²) in [6, 6.07) is 0. The molecule has 13 heavy (non-hydrogen) atoms. The lowest BCUT2D eigenvalue weighted by Crippen LogP contribution is -2.11. The molecular weight excluding hydrogens is 166 g/mol. The molecule has 0 atom stereocenters. The first kappa shape index (κ1) is 8.53. The summed E-state index contributed by atoms with van der Waals surface area (Å²) in [5.74, 6) is 1.49. The Kier molecular flexibility index (Phi) is 1.78. The van der Waals surface area contributed by atoms with Crippen molar-refractivity contribution in [2.75, 3.05) is 19.0 Å². The molecule has 1 aliphatic rings. The minimum atomic E-state index is 0.223. The number of hydrogen-bond donors (Lipinski definition) is 0. The fraction of sp³-hybridized carbons (Fsp3) is 0.778. The third-order valence-electron chi connectivity index (χ3n) is 2.80. The van der Waals surface area contributed by atoms with E-state index in [0.717, 1.165) is 12.3 Å². The van der Waals surface area contributed by atoms with Gasteiger partial charge >= 0.3 is 0 Å². The van der Waals surface area contributed by atoms with E-state index in [9.17, 15) is 0 Å². The maximum Gasteiger partial charge on any atom is 0.265 e. The van der Waals surface area contributed by atoms with Gasteiger partial charge in [-0.05, 0) is 24.4 Å². The summed E-state index contributed by atoms with van der Waals surface area (Å²) >= 11 is 0. The maximum absolute atomic E-state index is 5.24. The molecule has 0 spiro atoms. The zero-order valence-electron chi connectivity index (χ0n) is 8.37. The van der Waals surface area contributed by atoms with E-state index in [-0.39, 0.29) is 5.41 Å². The van der Waals surface area contributed by atoms with E-state index in [0.29, 0.717) is 5.95 Å². The standard InChI is InChI=1S/C9H15N3O/c1-4-9(5-6-9)7-10-8(11-13-7)12(2)3/h4-6H2,1-3H3. The van der Waals surface area contributed by atoms with Gasteiger partial charge in [-0.25, -0.2) is 0 Å². The predicted octanol–water partition coefficient (Wildman–Crippen LogP) is 1.58. The maximum atomic E-state index is 5.24. The molecule has 0 radical (unpaired) electrons. The first-order valence-electron chi connectivity index (χ1n) is 4.69. The van der Waals surface area contributed by atoms with Crippen molar-refractivity contribution in [3.05, 3.63) is 5.89 Å². The highest BCUT2D eigenvalue weighted by molar-refractivity contribution is 5.27. The number of aromatic nitrogens is 2. The van der Waals surface area contributed by atoms with Gasteiger partial charge in [0.15, 0.2) is 0 Å². The van der Waals surface area contributed by atoms with Gasteiger partial charge < -0.3 is 9.42 Å². The zero-order valence-corrected chi connectivity index (χ0v) is 8.37. The van der Waals surface area contributed by atoms with Crippen LogP contribution in [-0.4, -0.2) is 24.2 Å². The Morgan fingerprint density at radius 3 is 2.54 bits per heavy atom. The van der Waals surface area contributed by atoms with Crippen LogP contribution in [0.15, 0.2) is 4.52 Å². The molecule has 0 saturated heterocycles. The van der Waals surface area contributed by atoms with Crippen LogP contribution in [0.1, 0.15) is 32.1 Å². The average Bonchev–Trinajstić information content (AvgIpc) is 2.75. The molecule has 1 aliphatic carbocycles. The molecule has 0 bridgehead atoms. The van der Waals surface area contributed by atoms with Crippen molar-refractivity contribution < 1.29 is 4.52 Å². The van der Waals surface area contributed by atoms with Crippen LogP contribution in [0.5, 0.6) is 0 Å². The molecule has 0 unspecified atom stereocenters. The molecule has 1 heterocycles. The van der Waals surface area contributed by atoms with Crippen molar-refractivity contribution in [1.29, 1.82) is 0 Å². The van der Waals surface area contributed by atoms with Gasteiger partial charge in [-0.2, -0.15) is 4.98 Å². The molecule has 4 nitrogen and oxygen atoms in total. The molecule has 0 N–H and O–H groups in total. The zero-order chi connectivity index (χ0) is 9.47. The lowest BCUT2D eigenvalue weighted by molar-refractivity contribution is 0.341.